The van der Waals surface area contributed by atoms with E-state index >= 15 is 0 Å². The van der Waals surface area contributed by atoms with Crippen LogP contribution in [0.1, 0.15) is 64.8 Å². The largest absolute Gasteiger partial charge is 0.261 e. The Morgan fingerprint density at radius 1 is 0.810 bits per heavy atom. The van der Waals surface area contributed by atoms with E-state index < -0.39 is 0 Å². The molecule has 2 aromatic rings. The van der Waals surface area contributed by atoms with Crippen molar-refractivity contribution in [3.05, 3.63) is 59.9 Å². The first-order chi connectivity index (χ1) is 10.0. The highest BCUT2D eigenvalue weighted by atomic mass is 19.1. The molecule has 2 rings (SSSR count). The Balaban J connectivity index is 0.000000342. The first-order valence-corrected chi connectivity index (χ1v) is 7.53. The first kappa shape index (κ1) is 19.2. The van der Waals surface area contributed by atoms with Crippen LogP contribution in [0.4, 0.5) is 4.39 Å². The lowest BCUT2D eigenvalue weighted by atomic mass is 10.1. The number of nitrogens with zero attached hydrogens (tertiary/aromatic N) is 2. The van der Waals surface area contributed by atoms with Crippen molar-refractivity contribution in [3.8, 4) is 0 Å². The summed E-state index contributed by atoms with van der Waals surface area (Å²) in [6, 6.07) is 9.03. The molecule has 0 N–H and O–H groups in total. The lowest BCUT2D eigenvalue weighted by molar-refractivity contribution is 0.584. The molecule has 2 nitrogen and oxygen atoms in total. The Bertz CT molecular complexity index is 482. The number of hydrogen-bond acceptors (Lipinski definition) is 2. The van der Waals surface area contributed by atoms with Gasteiger partial charge in [0.25, 0.3) is 0 Å². The summed E-state index contributed by atoms with van der Waals surface area (Å²) in [5.74, 6) is 0.505. The summed E-state index contributed by atoms with van der Waals surface area (Å²) >= 11 is 0. The highest BCUT2D eigenvalue weighted by Gasteiger charge is 2.04. The van der Waals surface area contributed by atoms with Crippen molar-refractivity contribution >= 4 is 0 Å². The Kier molecular flexibility index (Phi) is 10.0. The SMILES string of the molecule is CC.CC(C)c1ccccn1.CC(C)c1ncccc1F. The van der Waals surface area contributed by atoms with Gasteiger partial charge in [0.1, 0.15) is 5.82 Å². The molecule has 0 aromatic carbocycles. The molecular weight excluding hydrogens is 263 g/mol. The highest BCUT2D eigenvalue weighted by molar-refractivity contribution is 5.10. The Labute approximate surface area is 128 Å². The monoisotopic (exact) mass is 290 g/mol. The molecule has 0 radical (unpaired) electrons. The fraction of sp³-hybridized carbons (Fsp3) is 0.444. The zero-order valence-electron chi connectivity index (χ0n) is 14.0. The van der Waals surface area contributed by atoms with Crippen LogP contribution in [0, 0.1) is 5.82 Å². The van der Waals surface area contributed by atoms with Crippen molar-refractivity contribution in [2.24, 2.45) is 0 Å². The summed E-state index contributed by atoms with van der Waals surface area (Å²) in [6.45, 7) is 12.1. The van der Waals surface area contributed by atoms with Crippen LogP contribution in [0.25, 0.3) is 0 Å². The van der Waals surface area contributed by atoms with Crippen molar-refractivity contribution in [2.45, 2.75) is 53.4 Å². The minimum atomic E-state index is -0.211. The third kappa shape index (κ3) is 7.54. The van der Waals surface area contributed by atoms with Crippen molar-refractivity contribution < 1.29 is 4.39 Å². The molecular formula is C18H27FN2. The van der Waals surface area contributed by atoms with E-state index in [9.17, 15) is 4.39 Å². The molecule has 0 bridgehead atoms. The van der Waals surface area contributed by atoms with Crippen LogP contribution in [-0.4, -0.2) is 9.97 Å². The topological polar surface area (TPSA) is 25.8 Å². The van der Waals surface area contributed by atoms with Crippen molar-refractivity contribution in [1.82, 2.24) is 9.97 Å². The van der Waals surface area contributed by atoms with E-state index in [4.69, 9.17) is 0 Å². The summed E-state index contributed by atoms with van der Waals surface area (Å²) in [5.41, 5.74) is 1.71. The fourth-order valence-corrected chi connectivity index (χ4v) is 1.54. The van der Waals surface area contributed by atoms with Gasteiger partial charge < -0.3 is 0 Å². The van der Waals surface area contributed by atoms with Crippen LogP contribution >= 0.6 is 0 Å². The van der Waals surface area contributed by atoms with Crippen molar-refractivity contribution in [2.75, 3.05) is 0 Å². The van der Waals surface area contributed by atoms with E-state index in [0.717, 1.165) is 5.69 Å². The summed E-state index contributed by atoms with van der Waals surface area (Å²) in [7, 11) is 0. The molecule has 116 valence electrons. The van der Waals surface area contributed by atoms with Gasteiger partial charge in [-0.15, -0.1) is 0 Å². The molecule has 0 aliphatic rings. The van der Waals surface area contributed by atoms with E-state index in [2.05, 4.69) is 23.8 Å². The zero-order valence-corrected chi connectivity index (χ0v) is 14.0. The Morgan fingerprint density at radius 2 is 1.43 bits per heavy atom. The van der Waals surface area contributed by atoms with E-state index in [1.807, 2.05) is 52.1 Å². The predicted molar refractivity (Wildman–Crippen MR) is 88.0 cm³/mol. The molecule has 2 aromatic heterocycles. The minimum Gasteiger partial charge on any atom is -0.261 e. The van der Waals surface area contributed by atoms with E-state index in [1.165, 1.54) is 6.07 Å². The third-order valence-electron chi connectivity index (χ3n) is 2.61. The molecule has 0 unspecified atom stereocenters. The third-order valence-corrected chi connectivity index (χ3v) is 2.61. The van der Waals surface area contributed by atoms with Gasteiger partial charge in [0.15, 0.2) is 0 Å². The van der Waals surface area contributed by atoms with Gasteiger partial charge in [-0.1, -0.05) is 47.6 Å². The van der Waals surface area contributed by atoms with Gasteiger partial charge in [0.05, 0.1) is 5.69 Å². The second-order valence-corrected chi connectivity index (χ2v) is 4.93. The number of hydrogen-bond donors (Lipinski definition) is 0. The molecule has 3 heteroatoms. The van der Waals surface area contributed by atoms with Gasteiger partial charge in [-0.2, -0.15) is 0 Å². The second-order valence-electron chi connectivity index (χ2n) is 4.93. The van der Waals surface area contributed by atoms with Crippen LogP contribution in [0.3, 0.4) is 0 Å². The van der Waals surface area contributed by atoms with Crippen molar-refractivity contribution in [1.29, 1.82) is 0 Å². The van der Waals surface area contributed by atoms with Crippen LogP contribution in [0.15, 0.2) is 42.7 Å². The predicted octanol–water partition coefficient (Wildman–Crippen LogP) is 5.58. The second kappa shape index (κ2) is 11.0. The quantitative estimate of drug-likeness (QED) is 0.722. The lowest BCUT2D eigenvalue weighted by Gasteiger charge is -2.02. The van der Waals surface area contributed by atoms with Crippen LogP contribution in [0.2, 0.25) is 0 Å². The summed E-state index contributed by atoms with van der Waals surface area (Å²) in [5, 5.41) is 0. The van der Waals surface area contributed by atoms with E-state index in [1.54, 1.807) is 12.3 Å². The van der Waals surface area contributed by atoms with E-state index in [0.29, 0.717) is 11.6 Å². The van der Waals surface area contributed by atoms with Gasteiger partial charge in [-0.25, -0.2) is 4.39 Å². The lowest BCUT2D eigenvalue weighted by Crippen LogP contribution is -1.95. The van der Waals surface area contributed by atoms with Gasteiger partial charge in [0.2, 0.25) is 0 Å². The standard InChI is InChI=1S/C8H10FN.C8H11N.C2H6/c1-6(2)8-7(9)4-3-5-10-8;1-7(2)8-5-3-4-6-9-8;1-2/h3-6H,1-2H3;3-7H,1-2H3;1-2H3. The normalized spacial score (nSPS) is 9.57. The highest BCUT2D eigenvalue weighted by Crippen LogP contribution is 2.13. The van der Waals surface area contributed by atoms with Gasteiger partial charge in [0, 0.05) is 18.1 Å². The number of rotatable bonds is 2. The van der Waals surface area contributed by atoms with Crippen molar-refractivity contribution in [3.63, 3.8) is 0 Å². The number of aromatic nitrogens is 2. The fourth-order valence-electron chi connectivity index (χ4n) is 1.54. The molecule has 0 saturated carbocycles. The number of halogens is 1. The zero-order chi connectivity index (χ0) is 16.3. The molecule has 0 fully saturated rings. The first-order valence-electron chi connectivity index (χ1n) is 7.53. The summed E-state index contributed by atoms with van der Waals surface area (Å²) in [4.78, 5) is 8.08. The maximum absolute atomic E-state index is 12.8. The number of pyridine rings is 2. The minimum absolute atomic E-state index is 0.168. The molecule has 0 atom stereocenters. The maximum atomic E-state index is 12.8. The smallest absolute Gasteiger partial charge is 0.144 e. The average molecular weight is 290 g/mol. The molecule has 0 aliphatic carbocycles. The summed E-state index contributed by atoms with van der Waals surface area (Å²) in [6.07, 6.45) is 3.44. The maximum Gasteiger partial charge on any atom is 0.144 e. The molecule has 0 amide bonds. The summed E-state index contributed by atoms with van der Waals surface area (Å²) < 4.78 is 12.8. The van der Waals surface area contributed by atoms with Crippen LogP contribution < -0.4 is 0 Å². The molecule has 21 heavy (non-hydrogen) atoms. The molecule has 0 saturated heterocycles. The molecule has 0 aliphatic heterocycles. The van der Waals surface area contributed by atoms with E-state index in [-0.39, 0.29) is 11.7 Å². The molecule has 2 heterocycles. The van der Waals surface area contributed by atoms with Crippen LogP contribution in [-0.2, 0) is 0 Å². The van der Waals surface area contributed by atoms with Gasteiger partial charge in [-0.3, -0.25) is 9.97 Å². The average Bonchev–Trinajstić information content (AvgIpc) is 2.51. The van der Waals surface area contributed by atoms with Crippen LogP contribution in [0.5, 0.6) is 0 Å². The van der Waals surface area contributed by atoms with Gasteiger partial charge >= 0.3 is 0 Å². The Morgan fingerprint density at radius 3 is 1.76 bits per heavy atom. The van der Waals surface area contributed by atoms with Gasteiger partial charge in [-0.05, 0) is 36.1 Å². The molecule has 0 spiro atoms. The Hall–Kier alpha value is -1.77.